The quantitative estimate of drug-likeness (QED) is 0.877. The molecule has 0 fully saturated rings. The lowest BCUT2D eigenvalue weighted by Crippen LogP contribution is -2.11. The van der Waals surface area contributed by atoms with E-state index in [0.29, 0.717) is 0 Å². The van der Waals surface area contributed by atoms with E-state index in [2.05, 4.69) is 33.0 Å². The SMILES string of the molecule is CN1Cc2c(Br)nn(-c3ccccc3O)c2C1. The zero-order valence-corrected chi connectivity index (χ0v) is 11.0. The average Bonchev–Trinajstić information content (AvgIpc) is 2.80. The Kier molecular flexibility index (Phi) is 2.45. The predicted molar refractivity (Wildman–Crippen MR) is 68.1 cm³/mol. The number of phenolic OH excluding ortho intramolecular Hbond substituents is 1. The molecular formula is C12H12BrN3O. The summed E-state index contributed by atoms with van der Waals surface area (Å²) in [5.74, 6) is 0.250. The van der Waals surface area contributed by atoms with Crippen LogP contribution in [0.1, 0.15) is 11.3 Å². The van der Waals surface area contributed by atoms with E-state index in [9.17, 15) is 5.11 Å². The van der Waals surface area contributed by atoms with Gasteiger partial charge in [-0.3, -0.25) is 4.90 Å². The van der Waals surface area contributed by atoms with Crippen molar-refractivity contribution in [1.82, 2.24) is 14.7 Å². The van der Waals surface area contributed by atoms with Crippen LogP contribution in [0.5, 0.6) is 5.75 Å². The molecule has 17 heavy (non-hydrogen) atoms. The van der Waals surface area contributed by atoms with Crippen molar-refractivity contribution in [1.29, 1.82) is 0 Å². The maximum atomic E-state index is 9.88. The first-order chi connectivity index (χ1) is 8.16. The molecule has 0 unspecified atom stereocenters. The van der Waals surface area contributed by atoms with E-state index in [1.165, 1.54) is 5.56 Å². The van der Waals surface area contributed by atoms with Gasteiger partial charge in [-0.2, -0.15) is 5.10 Å². The third-order valence-electron chi connectivity index (χ3n) is 3.00. The van der Waals surface area contributed by atoms with E-state index in [-0.39, 0.29) is 5.75 Å². The smallest absolute Gasteiger partial charge is 0.141 e. The molecule has 0 saturated carbocycles. The molecule has 0 spiro atoms. The number of hydrogen-bond acceptors (Lipinski definition) is 3. The summed E-state index contributed by atoms with van der Waals surface area (Å²) in [6.45, 7) is 1.74. The van der Waals surface area contributed by atoms with Crippen molar-refractivity contribution in [2.45, 2.75) is 13.1 Å². The summed E-state index contributed by atoms with van der Waals surface area (Å²) >= 11 is 3.48. The Morgan fingerprint density at radius 3 is 2.82 bits per heavy atom. The summed E-state index contributed by atoms with van der Waals surface area (Å²) in [5, 5.41) is 14.3. The van der Waals surface area contributed by atoms with E-state index in [1.807, 2.05) is 22.9 Å². The van der Waals surface area contributed by atoms with Gasteiger partial charge in [-0.15, -0.1) is 0 Å². The summed E-state index contributed by atoms with van der Waals surface area (Å²) in [4.78, 5) is 2.22. The van der Waals surface area contributed by atoms with Crippen molar-refractivity contribution < 1.29 is 5.11 Å². The first-order valence-electron chi connectivity index (χ1n) is 5.40. The van der Waals surface area contributed by atoms with Crippen molar-refractivity contribution in [3.63, 3.8) is 0 Å². The van der Waals surface area contributed by atoms with Gasteiger partial charge in [0.1, 0.15) is 16.0 Å². The molecular weight excluding hydrogens is 282 g/mol. The average molecular weight is 294 g/mol. The number of aromatic hydroxyl groups is 1. The molecule has 0 saturated heterocycles. The minimum absolute atomic E-state index is 0.250. The third-order valence-corrected chi connectivity index (χ3v) is 3.64. The van der Waals surface area contributed by atoms with Crippen LogP contribution >= 0.6 is 15.9 Å². The normalized spacial score (nSPS) is 15.2. The molecule has 0 bridgehead atoms. The molecule has 0 amide bonds. The first kappa shape index (κ1) is 10.8. The Bertz CT molecular complexity index is 579. The molecule has 2 heterocycles. The van der Waals surface area contributed by atoms with Gasteiger partial charge in [-0.25, -0.2) is 4.68 Å². The Balaban J connectivity index is 2.18. The molecule has 88 valence electrons. The van der Waals surface area contributed by atoms with Crippen LogP contribution < -0.4 is 0 Å². The van der Waals surface area contributed by atoms with Gasteiger partial charge in [0.05, 0.1) is 5.69 Å². The van der Waals surface area contributed by atoms with Crippen LogP contribution in [0.2, 0.25) is 0 Å². The van der Waals surface area contributed by atoms with Crippen molar-refractivity contribution in [3.8, 4) is 11.4 Å². The lowest BCUT2D eigenvalue weighted by Gasteiger charge is -2.09. The second kappa shape index (κ2) is 3.85. The fraction of sp³-hybridized carbons (Fsp3) is 0.250. The number of benzene rings is 1. The van der Waals surface area contributed by atoms with Crippen molar-refractivity contribution in [2.75, 3.05) is 7.05 Å². The summed E-state index contributed by atoms with van der Waals surface area (Å²) < 4.78 is 2.68. The fourth-order valence-corrected chi connectivity index (χ4v) is 2.71. The number of hydrogen-bond donors (Lipinski definition) is 1. The Labute approximate surface area is 108 Å². The van der Waals surface area contributed by atoms with Crippen LogP contribution in [-0.2, 0) is 13.1 Å². The number of rotatable bonds is 1. The van der Waals surface area contributed by atoms with Crippen molar-refractivity contribution in [3.05, 3.63) is 40.1 Å². The molecule has 4 nitrogen and oxygen atoms in total. The van der Waals surface area contributed by atoms with Crippen LogP contribution in [0.15, 0.2) is 28.9 Å². The Morgan fingerprint density at radius 2 is 2.06 bits per heavy atom. The van der Waals surface area contributed by atoms with Crippen molar-refractivity contribution >= 4 is 15.9 Å². The zero-order valence-electron chi connectivity index (χ0n) is 9.39. The predicted octanol–water partition coefficient (Wildman–Crippen LogP) is 2.29. The van der Waals surface area contributed by atoms with E-state index in [4.69, 9.17) is 0 Å². The summed E-state index contributed by atoms with van der Waals surface area (Å²) in [5.41, 5.74) is 3.07. The molecule has 1 aliphatic heterocycles. The third kappa shape index (κ3) is 1.66. The lowest BCUT2D eigenvalue weighted by atomic mass is 10.2. The molecule has 5 heteroatoms. The number of nitrogens with zero attached hydrogens (tertiary/aromatic N) is 3. The number of halogens is 1. The number of aromatic nitrogens is 2. The van der Waals surface area contributed by atoms with Crippen molar-refractivity contribution in [2.24, 2.45) is 0 Å². The highest BCUT2D eigenvalue weighted by Gasteiger charge is 2.25. The maximum Gasteiger partial charge on any atom is 0.141 e. The van der Waals surface area contributed by atoms with Crippen LogP contribution in [0.3, 0.4) is 0 Å². The summed E-state index contributed by atoms with van der Waals surface area (Å²) in [6.07, 6.45) is 0. The van der Waals surface area contributed by atoms with Gasteiger partial charge in [0.15, 0.2) is 0 Å². The monoisotopic (exact) mass is 293 g/mol. The second-order valence-electron chi connectivity index (χ2n) is 4.29. The lowest BCUT2D eigenvalue weighted by molar-refractivity contribution is 0.345. The van der Waals surface area contributed by atoms with Gasteiger partial charge in [0.2, 0.25) is 0 Å². The molecule has 1 N–H and O–H groups in total. The molecule has 0 aliphatic carbocycles. The second-order valence-corrected chi connectivity index (χ2v) is 5.04. The summed E-state index contributed by atoms with van der Waals surface area (Å²) in [7, 11) is 2.07. The number of phenols is 1. The number of para-hydroxylation sites is 2. The van der Waals surface area contributed by atoms with E-state index in [1.54, 1.807) is 6.07 Å². The highest BCUT2D eigenvalue weighted by molar-refractivity contribution is 9.10. The van der Waals surface area contributed by atoms with Crippen LogP contribution in [0, 0.1) is 0 Å². The van der Waals surface area contributed by atoms with Gasteiger partial charge in [0.25, 0.3) is 0 Å². The maximum absolute atomic E-state index is 9.88. The minimum Gasteiger partial charge on any atom is -0.506 e. The topological polar surface area (TPSA) is 41.3 Å². The van der Waals surface area contributed by atoms with Gasteiger partial charge in [0, 0.05) is 18.7 Å². The Hall–Kier alpha value is -1.33. The molecule has 0 atom stereocenters. The van der Waals surface area contributed by atoms with Gasteiger partial charge in [-0.1, -0.05) is 12.1 Å². The zero-order chi connectivity index (χ0) is 12.0. The molecule has 0 radical (unpaired) electrons. The largest absolute Gasteiger partial charge is 0.506 e. The van der Waals surface area contributed by atoms with Crippen LogP contribution in [0.4, 0.5) is 0 Å². The Morgan fingerprint density at radius 1 is 1.29 bits per heavy atom. The van der Waals surface area contributed by atoms with Crippen LogP contribution in [-0.4, -0.2) is 26.8 Å². The van der Waals surface area contributed by atoms with E-state index in [0.717, 1.165) is 29.1 Å². The van der Waals surface area contributed by atoms with E-state index >= 15 is 0 Å². The van der Waals surface area contributed by atoms with Gasteiger partial charge in [-0.05, 0) is 35.1 Å². The van der Waals surface area contributed by atoms with E-state index < -0.39 is 0 Å². The fourth-order valence-electron chi connectivity index (χ4n) is 2.20. The van der Waals surface area contributed by atoms with Gasteiger partial charge >= 0.3 is 0 Å². The molecule has 1 aromatic heterocycles. The molecule has 2 aromatic rings. The molecule has 3 rings (SSSR count). The highest BCUT2D eigenvalue weighted by Crippen LogP contribution is 2.32. The highest BCUT2D eigenvalue weighted by atomic mass is 79.9. The summed E-state index contributed by atoms with van der Waals surface area (Å²) in [6, 6.07) is 7.25. The molecule has 1 aromatic carbocycles. The standard InChI is InChI=1S/C12H12BrN3O/c1-15-6-8-10(7-15)16(14-12(8)13)9-4-2-3-5-11(9)17/h2-5,17H,6-7H2,1H3. The van der Waals surface area contributed by atoms with Crippen LogP contribution in [0.25, 0.3) is 5.69 Å². The minimum atomic E-state index is 0.250. The molecule has 1 aliphatic rings. The van der Waals surface area contributed by atoms with Gasteiger partial charge < -0.3 is 5.11 Å². The number of fused-ring (bicyclic) bond motifs is 1. The first-order valence-corrected chi connectivity index (χ1v) is 6.19.